The number of para-hydroxylation sites is 1. The second-order valence-corrected chi connectivity index (χ2v) is 12.0. The molecule has 0 aromatic heterocycles. The zero-order valence-corrected chi connectivity index (χ0v) is 26.7. The van der Waals surface area contributed by atoms with Crippen LogP contribution in [0.15, 0.2) is 42.5 Å². The molecule has 2 aromatic carbocycles. The third kappa shape index (κ3) is 11.0. The average molecular weight is 602 g/mol. The highest BCUT2D eigenvalue weighted by molar-refractivity contribution is 6.34. The molecule has 232 valence electrons. The first-order chi connectivity index (χ1) is 19.9. The van der Waals surface area contributed by atoms with Gasteiger partial charge in [0.05, 0.1) is 17.3 Å². The summed E-state index contributed by atoms with van der Waals surface area (Å²) in [6, 6.07) is 10.6. The van der Waals surface area contributed by atoms with Gasteiger partial charge < -0.3 is 25.4 Å². The fraction of sp³-hybridized carbons (Fsp3) is 0.545. The minimum absolute atomic E-state index is 0.257. The van der Waals surface area contributed by atoms with Gasteiger partial charge in [0.15, 0.2) is 0 Å². The predicted molar refractivity (Wildman–Crippen MR) is 169 cm³/mol. The van der Waals surface area contributed by atoms with E-state index in [4.69, 9.17) is 16.3 Å². The topological polar surface area (TPSA) is 108 Å². The summed E-state index contributed by atoms with van der Waals surface area (Å²) in [5.74, 6) is -1.02. The van der Waals surface area contributed by atoms with Gasteiger partial charge in [-0.2, -0.15) is 0 Å². The van der Waals surface area contributed by atoms with Gasteiger partial charge in [-0.3, -0.25) is 9.59 Å². The minimum atomic E-state index is -1.30. The van der Waals surface area contributed by atoms with E-state index in [1.165, 1.54) is 4.90 Å². The predicted octanol–water partition coefficient (Wildman–Crippen LogP) is 6.97. The van der Waals surface area contributed by atoms with Gasteiger partial charge in [0.2, 0.25) is 5.91 Å². The summed E-state index contributed by atoms with van der Waals surface area (Å²) in [7, 11) is 0. The van der Waals surface area contributed by atoms with Gasteiger partial charge >= 0.3 is 6.09 Å². The monoisotopic (exact) mass is 601 g/mol. The smallest absolute Gasteiger partial charge is 0.408 e. The van der Waals surface area contributed by atoms with Crippen molar-refractivity contribution in [2.75, 3.05) is 18.5 Å². The number of nitrogens with zero attached hydrogens (tertiary/aromatic N) is 1. The van der Waals surface area contributed by atoms with E-state index in [-0.39, 0.29) is 6.54 Å². The molecule has 0 aliphatic carbocycles. The van der Waals surface area contributed by atoms with E-state index in [2.05, 4.69) is 17.6 Å². The Hall–Kier alpha value is -3.10. The molecule has 0 saturated heterocycles. The summed E-state index contributed by atoms with van der Waals surface area (Å²) in [6.45, 7) is 10.8. The molecular weight excluding hydrogens is 554 g/mol. The number of ether oxygens (including phenoxy) is 1. The molecule has 9 heteroatoms. The van der Waals surface area contributed by atoms with E-state index in [0.717, 1.165) is 49.7 Å². The quantitative estimate of drug-likeness (QED) is 0.191. The maximum Gasteiger partial charge on any atom is 0.408 e. The molecule has 0 heterocycles. The Balaban J connectivity index is 2.50. The van der Waals surface area contributed by atoms with Crippen molar-refractivity contribution in [1.29, 1.82) is 0 Å². The summed E-state index contributed by atoms with van der Waals surface area (Å²) < 4.78 is 5.33. The SMILES string of the molecule is CCCCCCCCN(C(=O)C(CO)NC(=O)OC(C)(C)C)C(C(=O)Nc1c(C)cccc1Cl)c1ccc(CC)cc1. The molecule has 3 amide bonds. The molecule has 2 unspecified atom stereocenters. The van der Waals surface area contributed by atoms with E-state index in [0.29, 0.717) is 22.7 Å². The molecule has 2 atom stereocenters. The van der Waals surface area contributed by atoms with E-state index >= 15 is 0 Å². The standard InChI is InChI=1S/C33H48ClN3O5/c1-7-9-10-11-12-13-21-37(31(40)27(22-38)35-32(41)42-33(4,5)6)29(25-19-17-24(8-2)18-20-25)30(39)36-28-23(3)15-14-16-26(28)34/h14-20,27,29,38H,7-13,21-22H2,1-6H3,(H,35,41)(H,36,39). The second kappa shape index (κ2) is 17.1. The Morgan fingerprint density at radius 2 is 1.62 bits per heavy atom. The van der Waals surface area contributed by atoms with Gasteiger partial charge in [0.1, 0.15) is 17.7 Å². The number of alkyl carbamates (subject to hydrolysis) is 1. The molecule has 0 aliphatic heterocycles. The fourth-order valence-corrected chi connectivity index (χ4v) is 4.92. The molecule has 8 nitrogen and oxygen atoms in total. The molecule has 0 spiro atoms. The third-order valence-electron chi connectivity index (χ3n) is 6.94. The Kier molecular flexibility index (Phi) is 14.3. The molecule has 0 aliphatic rings. The Labute approximate surface area is 256 Å². The van der Waals surface area contributed by atoms with E-state index in [1.54, 1.807) is 32.9 Å². The van der Waals surface area contributed by atoms with Crippen LogP contribution in [-0.4, -0.2) is 52.7 Å². The summed E-state index contributed by atoms with van der Waals surface area (Å²) in [5, 5.41) is 16.0. The second-order valence-electron chi connectivity index (χ2n) is 11.6. The van der Waals surface area contributed by atoms with Crippen LogP contribution in [0.2, 0.25) is 5.02 Å². The highest BCUT2D eigenvalue weighted by atomic mass is 35.5. The maximum atomic E-state index is 14.1. The van der Waals surface area contributed by atoms with Gasteiger partial charge in [-0.05, 0) is 63.3 Å². The lowest BCUT2D eigenvalue weighted by atomic mass is 9.99. The highest BCUT2D eigenvalue weighted by Crippen LogP contribution is 2.30. The Morgan fingerprint density at radius 3 is 2.19 bits per heavy atom. The first-order valence-corrected chi connectivity index (χ1v) is 15.3. The summed E-state index contributed by atoms with van der Waals surface area (Å²) in [6.07, 6.45) is 5.89. The first-order valence-electron chi connectivity index (χ1n) is 15.0. The molecular formula is C33H48ClN3O5. The number of aryl methyl sites for hydroxylation is 2. The fourth-order valence-electron chi connectivity index (χ4n) is 4.65. The van der Waals surface area contributed by atoms with E-state index in [1.807, 2.05) is 44.2 Å². The van der Waals surface area contributed by atoms with Crippen molar-refractivity contribution in [2.24, 2.45) is 0 Å². The van der Waals surface area contributed by atoms with E-state index in [9.17, 15) is 19.5 Å². The number of benzene rings is 2. The van der Waals surface area contributed by atoms with Crippen molar-refractivity contribution < 1.29 is 24.2 Å². The number of hydrogen-bond acceptors (Lipinski definition) is 5. The van der Waals surface area contributed by atoms with Crippen LogP contribution in [0, 0.1) is 6.92 Å². The zero-order chi connectivity index (χ0) is 31.3. The van der Waals surface area contributed by atoms with Crippen molar-refractivity contribution in [1.82, 2.24) is 10.2 Å². The highest BCUT2D eigenvalue weighted by Gasteiger charge is 2.36. The van der Waals surface area contributed by atoms with Crippen molar-refractivity contribution in [3.63, 3.8) is 0 Å². The lowest BCUT2D eigenvalue weighted by molar-refractivity contribution is -0.141. The van der Waals surface area contributed by atoms with Crippen LogP contribution in [0.25, 0.3) is 0 Å². The number of hydrogen-bond donors (Lipinski definition) is 3. The molecule has 42 heavy (non-hydrogen) atoms. The van der Waals surface area contributed by atoms with Crippen molar-refractivity contribution in [2.45, 2.75) is 104 Å². The van der Waals surface area contributed by atoms with Gasteiger partial charge in [-0.25, -0.2) is 4.79 Å². The van der Waals surface area contributed by atoms with Crippen LogP contribution in [0.1, 0.15) is 95.9 Å². The number of carbonyl (C=O) groups is 3. The number of unbranched alkanes of at least 4 members (excludes halogenated alkanes) is 5. The largest absolute Gasteiger partial charge is 0.444 e. The number of anilines is 1. The Bertz CT molecular complexity index is 1140. The maximum absolute atomic E-state index is 14.1. The van der Waals surface area contributed by atoms with E-state index < -0.39 is 42.2 Å². The molecule has 0 fully saturated rings. The van der Waals surface area contributed by atoms with Crippen LogP contribution < -0.4 is 10.6 Å². The zero-order valence-electron chi connectivity index (χ0n) is 26.0. The number of aliphatic hydroxyl groups is 1. The number of halogens is 1. The summed E-state index contributed by atoms with van der Waals surface area (Å²) >= 11 is 6.44. The molecule has 3 N–H and O–H groups in total. The van der Waals surface area contributed by atoms with Crippen LogP contribution >= 0.6 is 11.6 Å². The third-order valence-corrected chi connectivity index (χ3v) is 7.26. The van der Waals surface area contributed by atoms with Crippen LogP contribution in [0.3, 0.4) is 0 Å². The van der Waals surface area contributed by atoms with Gasteiger partial charge in [0, 0.05) is 6.54 Å². The molecule has 0 bridgehead atoms. The van der Waals surface area contributed by atoms with Crippen LogP contribution in [-0.2, 0) is 20.7 Å². The average Bonchev–Trinajstić information content (AvgIpc) is 2.93. The summed E-state index contributed by atoms with van der Waals surface area (Å²) in [4.78, 5) is 42.2. The van der Waals surface area contributed by atoms with Gasteiger partial charge in [-0.1, -0.05) is 94.0 Å². The molecule has 0 radical (unpaired) electrons. The van der Waals surface area contributed by atoms with Gasteiger partial charge in [-0.15, -0.1) is 0 Å². The number of rotatable bonds is 15. The number of carbonyl (C=O) groups excluding carboxylic acids is 3. The number of aliphatic hydroxyl groups excluding tert-OH is 1. The number of nitrogens with one attached hydrogen (secondary N) is 2. The lowest BCUT2D eigenvalue weighted by Gasteiger charge is -2.34. The molecule has 2 rings (SSSR count). The van der Waals surface area contributed by atoms with Gasteiger partial charge in [0.25, 0.3) is 5.91 Å². The first kappa shape index (κ1) is 35.1. The van der Waals surface area contributed by atoms with Crippen molar-refractivity contribution in [3.8, 4) is 0 Å². The molecule has 0 saturated carbocycles. The Morgan fingerprint density at radius 1 is 0.976 bits per heavy atom. The van der Waals surface area contributed by atoms with Crippen molar-refractivity contribution >= 4 is 35.2 Å². The normalized spacial score (nSPS) is 12.8. The number of amides is 3. The summed E-state index contributed by atoms with van der Waals surface area (Å²) in [5.41, 5.74) is 2.17. The van der Waals surface area contributed by atoms with Crippen molar-refractivity contribution in [3.05, 3.63) is 64.2 Å². The van der Waals surface area contributed by atoms with Crippen LogP contribution in [0.4, 0.5) is 10.5 Å². The molecule has 2 aromatic rings. The lowest BCUT2D eigenvalue weighted by Crippen LogP contribution is -2.54. The minimum Gasteiger partial charge on any atom is -0.444 e. The van der Waals surface area contributed by atoms with Crippen LogP contribution in [0.5, 0.6) is 0 Å².